The fraction of sp³-hybridized carbons (Fsp3) is 0.500. The van der Waals surface area contributed by atoms with Crippen molar-refractivity contribution in [2.24, 2.45) is 0 Å². The maximum atomic E-state index is 10.5. The van der Waals surface area contributed by atoms with Crippen LogP contribution in [-0.4, -0.2) is 22.1 Å². The molecule has 0 radical (unpaired) electrons. The molecule has 1 aliphatic rings. The van der Waals surface area contributed by atoms with Crippen LogP contribution >= 0.6 is 0 Å². The second-order valence-electron chi connectivity index (χ2n) is 2.14. The summed E-state index contributed by atoms with van der Waals surface area (Å²) in [4.78, 5) is 10.5. The van der Waals surface area contributed by atoms with Crippen LogP contribution in [0.5, 0.6) is 0 Å². The lowest BCUT2D eigenvalue weighted by Gasteiger charge is -2.10. The molecule has 2 N–H and O–H groups in total. The fourth-order valence-electron chi connectivity index (χ4n) is 0.847. The Morgan fingerprint density at radius 3 is 2.78 bits per heavy atom. The minimum atomic E-state index is -0.772. The molecule has 0 fully saturated rings. The van der Waals surface area contributed by atoms with Gasteiger partial charge in [0.1, 0.15) is 5.78 Å². The summed E-state index contributed by atoms with van der Waals surface area (Å²) in [7, 11) is 0. The molecule has 3 nitrogen and oxygen atoms in total. The Morgan fingerprint density at radius 1 is 1.67 bits per heavy atom. The lowest BCUT2D eigenvalue weighted by Crippen LogP contribution is -2.17. The third-order valence-corrected chi connectivity index (χ3v) is 1.20. The first-order chi connectivity index (χ1) is 4.18. The topological polar surface area (TPSA) is 57.5 Å². The van der Waals surface area contributed by atoms with E-state index in [0.717, 1.165) is 0 Å². The molecule has 0 amide bonds. The Morgan fingerprint density at radius 2 is 2.33 bits per heavy atom. The summed E-state index contributed by atoms with van der Waals surface area (Å²) in [5.74, 6) is -0.124. The van der Waals surface area contributed by atoms with Crippen LogP contribution in [0.25, 0.3) is 0 Å². The van der Waals surface area contributed by atoms with Crippen LogP contribution in [0.15, 0.2) is 11.8 Å². The highest BCUT2D eigenvalue weighted by atomic mass is 16.3. The van der Waals surface area contributed by atoms with E-state index in [1.54, 1.807) is 0 Å². The van der Waals surface area contributed by atoms with Crippen molar-refractivity contribution in [3.8, 4) is 0 Å². The maximum absolute atomic E-state index is 10.5. The summed E-state index contributed by atoms with van der Waals surface area (Å²) in [6.07, 6.45) is 0.744. The van der Waals surface area contributed by atoms with Gasteiger partial charge in [-0.1, -0.05) is 0 Å². The highest BCUT2D eigenvalue weighted by Gasteiger charge is 2.16. The quantitative estimate of drug-likeness (QED) is 0.488. The number of aliphatic hydroxyl groups is 2. The Bertz CT molecular complexity index is 160. The van der Waals surface area contributed by atoms with Gasteiger partial charge in [-0.15, -0.1) is 0 Å². The van der Waals surface area contributed by atoms with Crippen molar-refractivity contribution in [3.05, 3.63) is 11.8 Å². The largest absolute Gasteiger partial charge is 0.512 e. The second-order valence-corrected chi connectivity index (χ2v) is 2.14. The number of hydrogen-bond acceptors (Lipinski definition) is 3. The molecule has 0 saturated carbocycles. The van der Waals surface area contributed by atoms with Crippen LogP contribution in [0.4, 0.5) is 0 Å². The first-order valence-electron chi connectivity index (χ1n) is 2.78. The molecule has 3 heteroatoms. The Kier molecular flexibility index (Phi) is 1.53. The van der Waals surface area contributed by atoms with E-state index in [-0.39, 0.29) is 24.4 Å². The van der Waals surface area contributed by atoms with E-state index >= 15 is 0 Å². The molecule has 0 heterocycles. The summed E-state index contributed by atoms with van der Waals surface area (Å²) < 4.78 is 0. The van der Waals surface area contributed by atoms with E-state index < -0.39 is 6.10 Å². The van der Waals surface area contributed by atoms with E-state index in [1.807, 2.05) is 0 Å². The predicted molar refractivity (Wildman–Crippen MR) is 31.0 cm³/mol. The molecule has 1 rings (SSSR count). The van der Waals surface area contributed by atoms with Gasteiger partial charge in [-0.3, -0.25) is 4.79 Å². The molecular formula is C6H8O3. The van der Waals surface area contributed by atoms with Crippen LogP contribution < -0.4 is 0 Å². The van der Waals surface area contributed by atoms with Crippen molar-refractivity contribution < 1.29 is 15.0 Å². The third kappa shape index (κ3) is 1.54. The zero-order valence-electron chi connectivity index (χ0n) is 4.87. The first kappa shape index (κ1) is 6.29. The number of carbonyl (C=O) groups excluding carboxylic acids is 1. The van der Waals surface area contributed by atoms with Gasteiger partial charge in [-0.2, -0.15) is 0 Å². The average Bonchev–Trinajstić information content (AvgIpc) is 1.59. The van der Waals surface area contributed by atoms with Crippen molar-refractivity contribution >= 4 is 5.78 Å². The molecule has 1 unspecified atom stereocenters. The Balaban J connectivity index is 2.67. The van der Waals surface area contributed by atoms with Gasteiger partial charge in [0.15, 0.2) is 0 Å². The van der Waals surface area contributed by atoms with E-state index in [4.69, 9.17) is 10.2 Å². The smallest absolute Gasteiger partial charge is 0.143 e. The third-order valence-electron chi connectivity index (χ3n) is 1.20. The molecular weight excluding hydrogens is 120 g/mol. The van der Waals surface area contributed by atoms with Gasteiger partial charge < -0.3 is 10.2 Å². The molecule has 9 heavy (non-hydrogen) atoms. The molecule has 0 aromatic heterocycles. The van der Waals surface area contributed by atoms with Gasteiger partial charge in [-0.25, -0.2) is 0 Å². The molecule has 0 aromatic carbocycles. The summed E-state index contributed by atoms with van der Waals surface area (Å²) in [5.41, 5.74) is 0. The van der Waals surface area contributed by atoms with Gasteiger partial charge >= 0.3 is 0 Å². The van der Waals surface area contributed by atoms with Crippen molar-refractivity contribution in [1.82, 2.24) is 0 Å². The molecule has 0 aliphatic heterocycles. The van der Waals surface area contributed by atoms with Crippen LogP contribution in [0.1, 0.15) is 12.8 Å². The number of allylic oxidation sites excluding steroid dienone is 1. The predicted octanol–water partition coefficient (Wildman–Crippen LogP) is 0.152. The Labute approximate surface area is 52.6 Å². The Hall–Kier alpha value is -0.830. The highest BCUT2D eigenvalue weighted by molar-refractivity contribution is 5.82. The standard InChI is InChI=1S/C6H8O3/c7-4-1-5(8)3-6(9)2-4/h1,4,7-8H,2-3H2. The summed E-state index contributed by atoms with van der Waals surface area (Å²) >= 11 is 0. The minimum absolute atomic E-state index is 0.0150. The van der Waals surface area contributed by atoms with Gasteiger partial charge in [0, 0.05) is 6.42 Å². The number of ketones is 1. The van der Waals surface area contributed by atoms with Crippen LogP contribution in [0, 0.1) is 0 Å². The van der Waals surface area contributed by atoms with Gasteiger partial charge in [0.25, 0.3) is 0 Å². The molecule has 50 valence electrons. The number of carbonyl (C=O) groups is 1. The van der Waals surface area contributed by atoms with Gasteiger partial charge in [0.05, 0.1) is 18.3 Å². The van der Waals surface area contributed by atoms with Crippen molar-refractivity contribution in [3.63, 3.8) is 0 Å². The molecule has 0 spiro atoms. The molecule has 0 aromatic rings. The average molecular weight is 128 g/mol. The molecule has 1 aliphatic carbocycles. The molecule has 0 saturated heterocycles. The zero-order valence-corrected chi connectivity index (χ0v) is 4.87. The number of aliphatic hydroxyl groups excluding tert-OH is 2. The van der Waals surface area contributed by atoms with Crippen LogP contribution in [-0.2, 0) is 4.79 Å². The summed E-state index contributed by atoms with van der Waals surface area (Å²) in [5, 5.41) is 17.5. The summed E-state index contributed by atoms with van der Waals surface area (Å²) in [6.45, 7) is 0. The monoisotopic (exact) mass is 128 g/mol. The van der Waals surface area contributed by atoms with E-state index in [2.05, 4.69) is 0 Å². The molecule has 1 atom stereocenters. The highest BCUT2D eigenvalue weighted by Crippen LogP contribution is 2.11. The zero-order chi connectivity index (χ0) is 6.85. The fourth-order valence-corrected chi connectivity index (χ4v) is 0.847. The van der Waals surface area contributed by atoms with E-state index in [1.165, 1.54) is 6.08 Å². The minimum Gasteiger partial charge on any atom is -0.512 e. The lowest BCUT2D eigenvalue weighted by atomic mass is 10.0. The lowest BCUT2D eigenvalue weighted by molar-refractivity contribution is -0.120. The number of Topliss-reactive ketones (excluding diaryl/α,β-unsaturated/α-hetero) is 1. The van der Waals surface area contributed by atoms with Gasteiger partial charge in [0.2, 0.25) is 0 Å². The SMILES string of the molecule is O=C1CC(O)=CC(O)C1. The summed E-state index contributed by atoms with van der Waals surface area (Å²) in [6, 6.07) is 0. The van der Waals surface area contributed by atoms with Crippen LogP contribution in [0.3, 0.4) is 0 Å². The van der Waals surface area contributed by atoms with Crippen LogP contribution in [0.2, 0.25) is 0 Å². The maximum Gasteiger partial charge on any atom is 0.143 e. The van der Waals surface area contributed by atoms with Crippen molar-refractivity contribution in [2.75, 3.05) is 0 Å². The normalized spacial score (nSPS) is 27.9. The van der Waals surface area contributed by atoms with Crippen molar-refractivity contribution in [2.45, 2.75) is 18.9 Å². The number of rotatable bonds is 0. The van der Waals surface area contributed by atoms with Crippen molar-refractivity contribution in [1.29, 1.82) is 0 Å². The first-order valence-corrected chi connectivity index (χ1v) is 2.78. The second kappa shape index (κ2) is 2.19. The molecule has 0 bridgehead atoms. The van der Waals surface area contributed by atoms with Gasteiger partial charge in [-0.05, 0) is 6.08 Å². The van der Waals surface area contributed by atoms with E-state index in [9.17, 15) is 4.79 Å². The van der Waals surface area contributed by atoms with E-state index in [0.29, 0.717) is 0 Å². The number of hydrogen-bond donors (Lipinski definition) is 2.